The molecule has 0 aromatic carbocycles. The molecule has 0 bridgehead atoms. The molecule has 0 amide bonds. The average molecular weight is 161 g/mol. The van der Waals surface area contributed by atoms with E-state index in [4.69, 9.17) is 4.74 Å². The number of ether oxygens (including phenoxy) is 2. The van der Waals surface area contributed by atoms with Crippen LogP contribution in [0, 0.1) is 0 Å². The summed E-state index contributed by atoms with van der Waals surface area (Å²) in [5.74, 6) is 0. The van der Waals surface area contributed by atoms with Gasteiger partial charge >= 0.3 is 6.16 Å². The topological polar surface area (TPSA) is 55.4 Å². The Morgan fingerprint density at radius 3 is 2.64 bits per heavy atom. The molecule has 1 radical (unpaired) electrons. The molecule has 0 spiro atoms. The summed E-state index contributed by atoms with van der Waals surface area (Å²) in [5.41, 5.74) is 0. The van der Waals surface area contributed by atoms with Gasteiger partial charge in [0.2, 0.25) is 6.29 Å². The Labute approximate surface area is 66.1 Å². The maximum Gasteiger partial charge on any atom is 0.552 e. The van der Waals surface area contributed by atoms with E-state index in [9.17, 15) is 9.90 Å². The molecule has 0 rings (SSSR count). The molecule has 0 fully saturated rings. The predicted octanol–water partition coefficient (Wildman–Crippen LogP) is 1.72. The van der Waals surface area contributed by atoms with Gasteiger partial charge in [0.1, 0.15) is 0 Å². The lowest BCUT2D eigenvalue weighted by Gasteiger charge is -2.09. The molecule has 0 aromatic heterocycles. The third kappa shape index (κ3) is 7.12. The van der Waals surface area contributed by atoms with Crippen LogP contribution in [0.4, 0.5) is 4.79 Å². The van der Waals surface area contributed by atoms with Crippen molar-refractivity contribution in [2.75, 3.05) is 6.61 Å². The molecule has 0 aliphatic carbocycles. The Morgan fingerprint density at radius 2 is 2.18 bits per heavy atom. The fourth-order valence-electron chi connectivity index (χ4n) is 0.563. The van der Waals surface area contributed by atoms with E-state index >= 15 is 0 Å². The zero-order valence-corrected chi connectivity index (χ0v) is 6.83. The summed E-state index contributed by atoms with van der Waals surface area (Å²) in [6.45, 7) is 4.06. The lowest BCUT2D eigenvalue weighted by atomic mass is 10.4. The quantitative estimate of drug-likeness (QED) is 0.350. The van der Waals surface area contributed by atoms with Gasteiger partial charge in [0.15, 0.2) is 0 Å². The van der Waals surface area contributed by atoms with Gasteiger partial charge in [0.05, 0.1) is 6.61 Å². The predicted molar refractivity (Wildman–Crippen MR) is 37.5 cm³/mol. The van der Waals surface area contributed by atoms with Crippen molar-refractivity contribution in [1.29, 1.82) is 0 Å². The average Bonchev–Trinajstić information content (AvgIpc) is 1.86. The molecule has 0 saturated carbocycles. The Kier molecular flexibility index (Phi) is 5.56. The molecule has 0 saturated heterocycles. The minimum absolute atomic E-state index is 0.519. The Morgan fingerprint density at radius 1 is 1.55 bits per heavy atom. The first-order chi connectivity index (χ1) is 5.16. The maximum atomic E-state index is 9.83. The summed E-state index contributed by atoms with van der Waals surface area (Å²) in [4.78, 5) is 9.83. The molecular formula is C7H13O4. The van der Waals surface area contributed by atoms with Crippen molar-refractivity contribution in [3.8, 4) is 0 Å². The molecule has 0 aromatic rings. The largest absolute Gasteiger partial charge is 0.552 e. The second-order valence-electron chi connectivity index (χ2n) is 2.16. The zero-order chi connectivity index (χ0) is 8.69. The highest BCUT2D eigenvalue weighted by Crippen LogP contribution is 1.96. The monoisotopic (exact) mass is 161 g/mol. The van der Waals surface area contributed by atoms with Gasteiger partial charge in [-0.05, 0) is 13.3 Å². The molecule has 11 heavy (non-hydrogen) atoms. The van der Waals surface area contributed by atoms with Gasteiger partial charge in [-0.3, -0.25) is 0 Å². The van der Waals surface area contributed by atoms with Crippen molar-refractivity contribution in [1.82, 2.24) is 0 Å². The highest BCUT2D eigenvalue weighted by atomic mass is 16.8. The van der Waals surface area contributed by atoms with Crippen LogP contribution in [0.25, 0.3) is 0 Å². The van der Waals surface area contributed by atoms with E-state index in [1.807, 2.05) is 6.92 Å². The Hall–Kier alpha value is -0.770. The third-order valence-electron chi connectivity index (χ3n) is 1.11. The van der Waals surface area contributed by atoms with Gasteiger partial charge in [0, 0.05) is 0 Å². The molecule has 0 N–H and O–H groups in total. The van der Waals surface area contributed by atoms with Crippen molar-refractivity contribution in [2.45, 2.75) is 33.0 Å². The first kappa shape index (κ1) is 10.2. The summed E-state index contributed by atoms with van der Waals surface area (Å²) in [6, 6.07) is 0. The van der Waals surface area contributed by atoms with Crippen LogP contribution >= 0.6 is 0 Å². The standard InChI is InChI=1S/C7H13O4/c1-3-4-5-10-6(2)11-7(8)9/h6H,3-5H2,1-2H3. The van der Waals surface area contributed by atoms with E-state index in [1.54, 1.807) is 0 Å². The van der Waals surface area contributed by atoms with Gasteiger partial charge in [-0.25, -0.2) is 0 Å². The van der Waals surface area contributed by atoms with E-state index in [0.29, 0.717) is 6.61 Å². The van der Waals surface area contributed by atoms with Crippen LogP contribution < -0.4 is 0 Å². The lowest BCUT2D eigenvalue weighted by molar-refractivity contribution is -0.110. The van der Waals surface area contributed by atoms with E-state index < -0.39 is 12.4 Å². The molecule has 4 heteroatoms. The summed E-state index contributed by atoms with van der Waals surface area (Å²) >= 11 is 0. The first-order valence-corrected chi connectivity index (χ1v) is 3.66. The SMILES string of the molecule is CCCCOC(C)OC([O])=O. The van der Waals surface area contributed by atoms with Crippen LogP contribution in [0.3, 0.4) is 0 Å². The normalized spacial score (nSPS) is 12.5. The van der Waals surface area contributed by atoms with Crippen LogP contribution in [-0.2, 0) is 14.6 Å². The van der Waals surface area contributed by atoms with Gasteiger partial charge in [0.25, 0.3) is 0 Å². The van der Waals surface area contributed by atoms with Crippen LogP contribution in [0.2, 0.25) is 0 Å². The fourth-order valence-corrected chi connectivity index (χ4v) is 0.563. The molecular weight excluding hydrogens is 148 g/mol. The number of carbonyl (C=O) groups excluding carboxylic acids is 1. The number of rotatable bonds is 5. The number of hydrogen-bond donors (Lipinski definition) is 0. The molecule has 1 unspecified atom stereocenters. The van der Waals surface area contributed by atoms with Gasteiger partial charge in [-0.15, -0.1) is 0 Å². The number of unbranched alkanes of at least 4 members (excludes halogenated alkanes) is 1. The van der Waals surface area contributed by atoms with Crippen molar-refractivity contribution >= 4 is 6.16 Å². The van der Waals surface area contributed by atoms with Crippen LogP contribution in [-0.4, -0.2) is 19.1 Å². The van der Waals surface area contributed by atoms with E-state index in [1.165, 1.54) is 6.92 Å². The zero-order valence-electron chi connectivity index (χ0n) is 6.83. The summed E-state index contributed by atoms with van der Waals surface area (Å²) < 4.78 is 9.13. The van der Waals surface area contributed by atoms with Crippen molar-refractivity contribution in [3.05, 3.63) is 0 Å². The van der Waals surface area contributed by atoms with Crippen LogP contribution in [0.1, 0.15) is 26.7 Å². The minimum atomic E-state index is -1.55. The molecule has 0 aliphatic rings. The number of hydrogen-bond acceptors (Lipinski definition) is 3. The Bertz CT molecular complexity index is 113. The smallest absolute Gasteiger partial charge is 0.402 e. The van der Waals surface area contributed by atoms with Crippen molar-refractivity contribution in [3.63, 3.8) is 0 Å². The van der Waals surface area contributed by atoms with Crippen LogP contribution in [0.15, 0.2) is 0 Å². The highest BCUT2D eigenvalue weighted by molar-refractivity contribution is 5.56. The molecule has 0 aliphatic heterocycles. The maximum absolute atomic E-state index is 9.83. The minimum Gasteiger partial charge on any atom is -0.402 e. The second kappa shape index (κ2) is 5.97. The fraction of sp³-hybridized carbons (Fsp3) is 0.857. The highest BCUT2D eigenvalue weighted by Gasteiger charge is 2.07. The summed E-state index contributed by atoms with van der Waals surface area (Å²) in [5, 5.41) is 9.83. The molecule has 0 heterocycles. The van der Waals surface area contributed by atoms with Crippen LogP contribution in [0.5, 0.6) is 0 Å². The van der Waals surface area contributed by atoms with Crippen molar-refractivity contribution in [2.24, 2.45) is 0 Å². The van der Waals surface area contributed by atoms with E-state index in [-0.39, 0.29) is 0 Å². The summed E-state index contributed by atoms with van der Waals surface area (Å²) in [6.07, 6.45) is -0.348. The third-order valence-corrected chi connectivity index (χ3v) is 1.11. The second-order valence-corrected chi connectivity index (χ2v) is 2.16. The first-order valence-electron chi connectivity index (χ1n) is 3.66. The number of carbonyl (C=O) groups is 1. The molecule has 4 nitrogen and oxygen atoms in total. The Balaban J connectivity index is 3.22. The van der Waals surface area contributed by atoms with Crippen molar-refractivity contribution < 1.29 is 19.4 Å². The van der Waals surface area contributed by atoms with Gasteiger partial charge in [-0.2, -0.15) is 9.90 Å². The van der Waals surface area contributed by atoms with E-state index in [0.717, 1.165) is 12.8 Å². The van der Waals surface area contributed by atoms with E-state index in [2.05, 4.69) is 4.74 Å². The summed E-state index contributed by atoms with van der Waals surface area (Å²) in [7, 11) is 0. The molecule has 65 valence electrons. The molecule has 1 atom stereocenters. The lowest BCUT2D eigenvalue weighted by Crippen LogP contribution is -2.16. The van der Waals surface area contributed by atoms with Gasteiger partial charge in [-0.1, -0.05) is 13.3 Å². The van der Waals surface area contributed by atoms with Gasteiger partial charge < -0.3 is 9.47 Å².